The average molecular weight is 230 g/mol. The van der Waals surface area contributed by atoms with Crippen LogP contribution in [0.5, 0.6) is 0 Å². The first-order valence-electron chi connectivity index (χ1n) is 5.12. The van der Waals surface area contributed by atoms with Gasteiger partial charge in [-0.1, -0.05) is 0 Å². The molecule has 0 aliphatic carbocycles. The molecule has 0 aliphatic heterocycles. The van der Waals surface area contributed by atoms with E-state index in [1.165, 1.54) is 25.5 Å². The summed E-state index contributed by atoms with van der Waals surface area (Å²) in [5.74, 6) is -0.0527. The van der Waals surface area contributed by atoms with Crippen LogP contribution in [0.2, 0.25) is 0 Å². The molecule has 0 N–H and O–H groups in total. The molecule has 0 saturated heterocycles. The molecule has 88 valence electrons. The van der Waals surface area contributed by atoms with Gasteiger partial charge in [-0.15, -0.1) is 0 Å². The number of hydrogen-bond acceptors (Lipinski definition) is 5. The van der Waals surface area contributed by atoms with Gasteiger partial charge in [0.15, 0.2) is 5.78 Å². The van der Waals surface area contributed by atoms with Crippen LogP contribution >= 0.6 is 0 Å². The van der Waals surface area contributed by atoms with Crippen molar-refractivity contribution in [2.24, 2.45) is 0 Å². The predicted molar refractivity (Wildman–Crippen MR) is 63.5 cm³/mol. The maximum atomic E-state index is 10.5. The highest BCUT2D eigenvalue weighted by molar-refractivity contribution is 5.91. The predicted octanol–water partition coefficient (Wildman–Crippen LogP) is 1.77. The zero-order chi connectivity index (χ0) is 12.7. The topological polar surface area (TPSA) is 68.6 Å². The van der Waals surface area contributed by atoms with Gasteiger partial charge < -0.3 is 0 Å². The van der Waals surface area contributed by atoms with Crippen LogP contribution in [0.1, 0.15) is 28.8 Å². The number of aromatic nitrogens is 4. The van der Waals surface area contributed by atoms with E-state index in [0.717, 1.165) is 11.4 Å². The molecule has 2 aromatic rings. The third-order valence-electron chi connectivity index (χ3n) is 2.05. The lowest BCUT2D eigenvalue weighted by molar-refractivity contribution is 0.101. The molecule has 2 heterocycles. The van der Waals surface area contributed by atoms with Crippen LogP contribution in [0, 0.1) is 13.8 Å². The van der Waals surface area contributed by atoms with Crippen LogP contribution in [0.4, 0.5) is 0 Å². The molecule has 0 radical (unpaired) electrons. The number of rotatable bonds is 1. The zero-order valence-corrected chi connectivity index (χ0v) is 10.1. The van der Waals surface area contributed by atoms with Crippen molar-refractivity contribution in [3.8, 4) is 0 Å². The Morgan fingerprint density at radius 1 is 0.941 bits per heavy atom. The Labute approximate surface area is 100.0 Å². The summed E-state index contributed by atoms with van der Waals surface area (Å²) in [5.41, 5.74) is 2.43. The Balaban J connectivity index is 0.000000171. The van der Waals surface area contributed by atoms with Gasteiger partial charge in [-0.2, -0.15) is 0 Å². The van der Waals surface area contributed by atoms with Crippen LogP contribution in [-0.4, -0.2) is 25.7 Å². The summed E-state index contributed by atoms with van der Waals surface area (Å²) in [4.78, 5) is 26.1. The average Bonchev–Trinajstić information content (AvgIpc) is 2.35. The molecule has 2 aromatic heterocycles. The highest BCUT2D eigenvalue weighted by Gasteiger charge is 1.96. The lowest BCUT2D eigenvalue weighted by Gasteiger charge is -1.91. The lowest BCUT2D eigenvalue weighted by atomic mass is 10.3. The summed E-state index contributed by atoms with van der Waals surface area (Å²) in [6, 6.07) is 0. The second-order valence-electron chi connectivity index (χ2n) is 3.37. The van der Waals surface area contributed by atoms with E-state index in [9.17, 15) is 4.79 Å². The van der Waals surface area contributed by atoms with Crippen molar-refractivity contribution in [2.45, 2.75) is 20.8 Å². The van der Waals surface area contributed by atoms with E-state index < -0.39 is 0 Å². The number of ketones is 1. The van der Waals surface area contributed by atoms with E-state index >= 15 is 0 Å². The van der Waals surface area contributed by atoms with Crippen molar-refractivity contribution < 1.29 is 4.79 Å². The van der Waals surface area contributed by atoms with E-state index in [1.807, 2.05) is 13.8 Å². The van der Waals surface area contributed by atoms with E-state index in [2.05, 4.69) is 19.9 Å². The summed E-state index contributed by atoms with van der Waals surface area (Å²) < 4.78 is 0. The Hall–Kier alpha value is -2.17. The standard InChI is InChI=1S/C6H6N2O.C6H8N2/c1-5(9)6-4-7-2-3-8-6;1-5-6(2)8-4-3-7-5/h2-4H,1H3;3-4H,1-2H3. The van der Waals surface area contributed by atoms with Gasteiger partial charge in [0.1, 0.15) is 5.69 Å². The SMILES string of the molecule is CC(=O)c1cnccn1.Cc1nccnc1C. The number of aryl methyl sites for hydroxylation is 2. The minimum atomic E-state index is -0.0527. The van der Waals surface area contributed by atoms with E-state index in [4.69, 9.17) is 0 Å². The first-order valence-corrected chi connectivity index (χ1v) is 5.12. The first kappa shape index (κ1) is 12.9. The molecule has 0 aromatic carbocycles. The van der Waals surface area contributed by atoms with Gasteiger partial charge in [-0.3, -0.25) is 19.7 Å². The fourth-order valence-electron chi connectivity index (χ4n) is 0.958. The normalized spacial score (nSPS) is 9.12. The summed E-state index contributed by atoms with van der Waals surface area (Å²) in [6.07, 6.45) is 7.87. The molecule has 0 fully saturated rings. The highest BCUT2D eigenvalue weighted by Crippen LogP contribution is 1.93. The quantitative estimate of drug-likeness (QED) is 0.698. The summed E-state index contributed by atoms with van der Waals surface area (Å²) in [7, 11) is 0. The van der Waals surface area contributed by atoms with Gasteiger partial charge in [0.2, 0.25) is 0 Å². The van der Waals surface area contributed by atoms with Gasteiger partial charge in [0, 0.05) is 31.7 Å². The fourth-order valence-corrected chi connectivity index (χ4v) is 0.958. The first-order chi connectivity index (χ1) is 8.11. The Kier molecular flexibility index (Phi) is 4.87. The molecule has 5 heteroatoms. The number of hydrogen-bond donors (Lipinski definition) is 0. The Morgan fingerprint density at radius 3 is 1.76 bits per heavy atom. The van der Waals surface area contributed by atoms with Crippen molar-refractivity contribution in [3.05, 3.63) is 48.1 Å². The van der Waals surface area contributed by atoms with Crippen LogP contribution < -0.4 is 0 Å². The maximum Gasteiger partial charge on any atom is 0.179 e. The number of carbonyl (C=O) groups is 1. The van der Waals surface area contributed by atoms with Gasteiger partial charge in [0.25, 0.3) is 0 Å². The van der Waals surface area contributed by atoms with Crippen LogP contribution in [-0.2, 0) is 0 Å². The highest BCUT2D eigenvalue weighted by atomic mass is 16.1. The number of Topliss-reactive ketones (excluding diaryl/α,β-unsaturated/α-hetero) is 1. The maximum absolute atomic E-state index is 10.5. The minimum absolute atomic E-state index is 0.0527. The molecule has 0 amide bonds. The Morgan fingerprint density at radius 2 is 1.47 bits per heavy atom. The monoisotopic (exact) mass is 230 g/mol. The molecule has 17 heavy (non-hydrogen) atoms. The van der Waals surface area contributed by atoms with Gasteiger partial charge >= 0.3 is 0 Å². The molecule has 5 nitrogen and oxygen atoms in total. The molecular weight excluding hydrogens is 216 g/mol. The molecule has 0 spiro atoms. The van der Waals surface area contributed by atoms with Gasteiger partial charge in [-0.25, -0.2) is 4.98 Å². The largest absolute Gasteiger partial charge is 0.293 e. The van der Waals surface area contributed by atoms with Crippen molar-refractivity contribution in [2.75, 3.05) is 0 Å². The van der Waals surface area contributed by atoms with Crippen molar-refractivity contribution in [1.82, 2.24) is 19.9 Å². The molecule has 0 bridgehead atoms. The molecule has 0 aliphatic rings. The van der Waals surface area contributed by atoms with Gasteiger partial charge in [0.05, 0.1) is 17.6 Å². The summed E-state index contributed by atoms with van der Waals surface area (Å²) in [5, 5.41) is 0. The van der Waals surface area contributed by atoms with Crippen molar-refractivity contribution in [3.63, 3.8) is 0 Å². The summed E-state index contributed by atoms with van der Waals surface area (Å²) >= 11 is 0. The van der Waals surface area contributed by atoms with E-state index in [0.29, 0.717) is 5.69 Å². The van der Waals surface area contributed by atoms with E-state index in [1.54, 1.807) is 12.4 Å². The molecule has 2 rings (SSSR count). The second kappa shape index (κ2) is 6.42. The van der Waals surface area contributed by atoms with Crippen LogP contribution in [0.3, 0.4) is 0 Å². The van der Waals surface area contributed by atoms with Crippen molar-refractivity contribution >= 4 is 5.78 Å². The molecule has 0 atom stereocenters. The third-order valence-corrected chi connectivity index (χ3v) is 2.05. The van der Waals surface area contributed by atoms with Crippen LogP contribution in [0.25, 0.3) is 0 Å². The number of nitrogens with zero attached hydrogens (tertiary/aromatic N) is 4. The fraction of sp³-hybridized carbons (Fsp3) is 0.250. The second-order valence-corrected chi connectivity index (χ2v) is 3.37. The molecular formula is C12H14N4O. The number of carbonyl (C=O) groups excluding carboxylic acids is 1. The Bertz CT molecular complexity index is 464. The zero-order valence-electron chi connectivity index (χ0n) is 10.1. The molecule has 0 unspecified atom stereocenters. The molecule has 0 saturated carbocycles. The smallest absolute Gasteiger partial charge is 0.179 e. The lowest BCUT2D eigenvalue weighted by Crippen LogP contribution is -1.95. The van der Waals surface area contributed by atoms with E-state index in [-0.39, 0.29) is 5.78 Å². The van der Waals surface area contributed by atoms with Crippen LogP contribution in [0.15, 0.2) is 31.0 Å². The van der Waals surface area contributed by atoms with Crippen molar-refractivity contribution in [1.29, 1.82) is 0 Å². The third kappa shape index (κ3) is 4.46. The summed E-state index contributed by atoms with van der Waals surface area (Å²) in [6.45, 7) is 5.36. The minimum Gasteiger partial charge on any atom is -0.293 e. The van der Waals surface area contributed by atoms with Gasteiger partial charge in [-0.05, 0) is 13.8 Å².